The molecule has 1 N–H and O–H groups in total. The maximum absolute atomic E-state index is 12.6. The minimum absolute atomic E-state index is 0.0700. The molecule has 2 aliphatic rings. The normalized spacial score (nSPS) is 27.4. The first-order valence-electron chi connectivity index (χ1n) is 10.5. The second-order valence-corrected chi connectivity index (χ2v) is 9.72. The lowest BCUT2D eigenvalue weighted by atomic mass is 9.75. The van der Waals surface area contributed by atoms with Crippen LogP contribution in [0.5, 0.6) is 0 Å². The Hall–Kier alpha value is -1.34. The average molecular weight is 399 g/mol. The van der Waals surface area contributed by atoms with E-state index in [2.05, 4.69) is 6.92 Å². The summed E-state index contributed by atoms with van der Waals surface area (Å²) in [6.07, 6.45) is 3.30. The number of carbonyl (C=O) groups is 2. The quantitative estimate of drug-likeness (QED) is 0.770. The molecule has 0 spiro atoms. The van der Waals surface area contributed by atoms with Crippen molar-refractivity contribution >= 4 is 12.0 Å². The minimum Gasteiger partial charge on any atom is -0.444 e. The molecule has 0 aromatic carbocycles. The molecular formula is C21H38N2O5. The Morgan fingerprint density at radius 3 is 2.18 bits per heavy atom. The summed E-state index contributed by atoms with van der Waals surface area (Å²) in [5.74, 6) is 0.0700. The summed E-state index contributed by atoms with van der Waals surface area (Å²) >= 11 is 0. The molecule has 1 aliphatic heterocycles. The zero-order valence-electron chi connectivity index (χ0n) is 18.2. The number of aliphatic hydroxyl groups is 1. The van der Waals surface area contributed by atoms with Crippen LogP contribution in [0.25, 0.3) is 0 Å². The summed E-state index contributed by atoms with van der Waals surface area (Å²) in [6, 6.07) is 0. The lowest BCUT2D eigenvalue weighted by molar-refractivity contribution is -0.136. The summed E-state index contributed by atoms with van der Waals surface area (Å²) in [6.45, 7) is 12.4. The molecule has 2 fully saturated rings. The van der Waals surface area contributed by atoms with Crippen molar-refractivity contribution in [3.05, 3.63) is 0 Å². The molecule has 1 heterocycles. The molecule has 2 rings (SSSR count). The maximum atomic E-state index is 12.6. The molecule has 162 valence electrons. The second kappa shape index (κ2) is 9.44. The first kappa shape index (κ1) is 22.9. The highest BCUT2D eigenvalue weighted by Crippen LogP contribution is 2.36. The van der Waals surface area contributed by atoms with Crippen molar-refractivity contribution in [1.82, 2.24) is 9.80 Å². The van der Waals surface area contributed by atoms with E-state index >= 15 is 0 Å². The highest BCUT2D eigenvalue weighted by molar-refractivity contribution is 5.77. The van der Waals surface area contributed by atoms with Gasteiger partial charge in [0.25, 0.3) is 0 Å². The molecule has 1 unspecified atom stereocenters. The summed E-state index contributed by atoms with van der Waals surface area (Å²) < 4.78 is 11.4. The van der Waals surface area contributed by atoms with Gasteiger partial charge in [0.05, 0.1) is 25.2 Å². The van der Waals surface area contributed by atoms with E-state index in [9.17, 15) is 14.7 Å². The van der Waals surface area contributed by atoms with Gasteiger partial charge < -0.3 is 24.4 Å². The molecule has 2 amide bonds. The van der Waals surface area contributed by atoms with Gasteiger partial charge in [0.15, 0.2) is 0 Å². The maximum Gasteiger partial charge on any atom is 0.410 e. The van der Waals surface area contributed by atoms with Crippen LogP contribution in [-0.4, -0.2) is 77.5 Å². The van der Waals surface area contributed by atoms with Crippen LogP contribution in [0.3, 0.4) is 0 Å². The van der Waals surface area contributed by atoms with Gasteiger partial charge >= 0.3 is 6.09 Å². The van der Waals surface area contributed by atoms with E-state index < -0.39 is 5.60 Å². The third kappa shape index (κ3) is 7.24. The fourth-order valence-corrected chi connectivity index (χ4v) is 3.69. The highest BCUT2D eigenvalue weighted by Gasteiger charge is 2.32. The third-order valence-electron chi connectivity index (χ3n) is 5.62. The van der Waals surface area contributed by atoms with Crippen molar-refractivity contribution in [3.8, 4) is 0 Å². The number of ether oxygens (including phenoxy) is 2. The average Bonchev–Trinajstić information content (AvgIpc) is 2.61. The summed E-state index contributed by atoms with van der Waals surface area (Å²) in [5, 5.41) is 9.67. The van der Waals surface area contributed by atoms with Gasteiger partial charge in [0.2, 0.25) is 5.91 Å². The van der Waals surface area contributed by atoms with Gasteiger partial charge in [-0.25, -0.2) is 4.79 Å². The number of aliphatic hydroxyl groups excluding tert-OH is 1. The van der Waals surface area contributed by atoms with Gasteiger partial charge in [-0.2, -0.15) is 0 Å². The molecule has 7 nitrogen and oxygen atoms in total. The van der Waals surface area contributed by atoms with Crippen molar-refractivity contribution in [2.24, 2.45) is 5.41 Å². The molecule has 7 heteroatoms. The Kier molecular flexibility index (Phi) is 7.73. The van der Waals surface area contributed by atoms with Crippen molar-refractivity contribution in [1.29, 1.82) is 0 Å². The van der Waals surface area contributed by atoms with E-state index in [0.717, 1.165) is 25.7 Å². The van der Waals surface area contributed by atoms with E-state index in [0.29, 0.717) is 39.2 Å². The van der Waals surface area contributed by atoms with Gasteiger partial charge in [-0.1, -0.05) is 6.92 Å². The molecule has 1 aliphatic carbocycles. The fourth-order valence-electron chi connectivity index (χ4n) is 3.69. The number of rotatable bonds is 5. The summed E-state index contributed by atoms with van der Waals surface area (Å²) in [7, 11) is 0. The smallest absolute Gasteiger partial charge is 0.410 e. The molecule has 0 bridgehead atoms. The predicted octanol–water partition coefficient (Wildman–Crippen LogP) is 2.80. The van der Waals surface area contributed by atoms with Gasteiger partial charge in [-0.05, 0) is 58.8 Å². The molecule has 28 heavy (non-hydrogen) atoms. The van der Waals surface area contributed by atoms with Crippen molar-refractivity contribution in [3.63, 3.8) is 0 Å². The van der Waals surface area contributed by atoms with E-state index in [1.807, 2.05) is 27.7 Å². The van der Waals surface area contributed by atoms with E-state index in [4.69, 9.17) is 9.47 Å². The molecule has 1 saturated heterocycles. The SMILES string of the molecule is CC(CC(=O)N1CCN(C(=O)OC(C)(C)C)CC1)OCC1(C)CCC(O)CC1. The molecule has 0 radical (unpaired) electrons. The first-order valence-corrected chi connectivity index (χ1v) is 10.5. The van der Waals surface area contributed by atoms with Crippen LogP contribution in [0.15, 0.2) is 0 Å². The molecular weight excluding hydrogens is 360 g/mol. The van der Waals surface area contributed by atoms with Crippen LogP contribution in [0.4, 0.5) is 4.79 Å². The van der Waals surface area contributed by atoms with Gasteiger partial charge in [-0.3, -0.25) is 4.79 Å². The molecule has 0 aromatic rings. The van der Waals surface area contributed by atoms with Crippen LogP contribution in [0.2, 0.25) is 0 Å². The van der Waals surface area contributed by atoms with Crippen molar-refractivity contribution in [2.75, 3.05) is 32.8 Å². The van der Waals surface area contributed by atoms with Crippen LogP contribution in [0, 0.1) is 5.41 Å². The fraction of sp³-hybridized carbons (Fsp3) is 0.905. The van der Waals surface area contributed by atoms with Crippen LogP contribution in [0.1, 0.15) is 66.7 Å². The van der Waals surface area contributed by atoms with Crippen LogP contribution >= 0.6 is 0 Å². The Labute approximate surface area is 169 Å². The van der Waals surface area contributed by atoms with Gasteiger partial charge in [0.1, 0.15) is 5.60 Å². The Morgan fingerprint density at radius 2 is 1.64 bits per heavy atom. The molecule has 1 atom stereocenters. The Balaban J connectivity index is 1.70. The van der Waals surface area contributed by atoms with Crippen molar-refractivity contribution in [2.45, 2.75) is 84.5 Å². The van der Waals surface area contributed by atoms with E-state index in [1.54, 1.807) is 9.80 Å². The monoisotopic (exact) mass is 398 g/mol. The summed E-state index contributed by atoms with van der Waals surface area (Å²) in [4.78, 5) is 28.1. The number of nitrogens with zero attached hydrogens (tertiary/aromatic N) is 2. The van der Waals surface area contributed by atoms with Crippen molar-refractivity contribution < 1.29 is 24.2 Å². The highest BCUT2D eigenvalue weighted by atomic mass is 16.6. The van der Waals surface area contributed by atoms with Crippen LogP contribution in [-0.2, 0) is 14.3 Å². The zero-order chi connectivity index (χ0) is 20.9. The first-order chi connectivity index (χ1) is 13.0. The minimum atomic E-state index is -0.510. The predicted molar refractivity (Wildman–Crippen MR) is 107 cm³/mol. The van der Waals surface area contributed by atoms with E-state index in [-0.39, 0.29) is 29.6 Å². The Bertz CT molecular complexity index is 529. The second-order valence-electron chi connectivity index (χ2n) is 9.72. The standard InChI is InChI=1S/C21H38N2O5/c1-16(27-15-21(5)8-6-17(24)7-9-21)14-18(25)22-10-12-23(13-11-22)19(26)28-20(2,3)4/h16-17,24H,6-15H2,1-5H3. The largest absolute Gasteiger partial charge is 0.444 e. The van der Waals surface area contributed by atoms with Gasteiger partial charge in [-0.15, -0.1) is 0 Å². The topological polar surface area (TPSA) is 79.3 Å². The number of amides is 2. The van der Waals surface area contributed by atoms with Crippen LogP contribution < -0.4 is 0 Å². The van der Waals surface area contributed by atoms with E-state index in [1.165, 1.54) is 0 Å². The summed E-state index contributed by atoms with van der Waals surface area (Å²) in [5.41, 5.74) is -0.417. The Morgan fingerprint density at radius 1 is 1.11 bits per heavy atom. The number of piperazine rings is 1. The lowest BCUT2D eigenvalue weighted by Gasteiger charge is -2.37. The van der Waals surface area contributed by atoms with Gasteiger partial charge in [0, 0.05) is 26.2 Å². The lowest BCUT2D eigenvalue weighted by Crippen LogP contribution is -2.52. The molecule has 0 aromatic heterocycles. The zero-order valence-corrected chi connectivity index (χ0v) is 18.2. The molecule has 1 saturated carbocycles. The number of hydrogen-bond acceptors (Lipinski definition) is 5. The number of carbonyl (C=O) groups excluding carboxylic acids is 2. The third-order valence-corrected chi connectivity index (χ3v) is 5.62. The number of hydrogen-bond donors (Lipinski definition) is 1.